The summed E-state index contributed by atoms with van der Waals surface area (Å²) in [7, 11) is 0. The summed E-state index contributed by atoms with van der Waals surface area (Å²) in [4.78, 5) is 28.3. The average molecular weight is 535 g/mol. The highest BCUT2D eigenvalue weighted by Crippen LogP contribution is 2.39. The molecule has 0 aliphatic carbocycles. The van der Waals surface area contributed by atoms with Crippen molar-refractivity contribution in [3.63, 3.8) is 0 Å². The number of hydrogen-bond acceptors (Lipinski definition) is 7. The van der Waals surface area contributed by atoms with Gasteiger partial charge in [0.1, 0.15) is 11.1 Å². The normalized spacial score (nSPS) is 16.7. The van der Waals surface area contributed by atoms with E-state index in [-0.39, 0.29) is 17.2 Å². The monoisotopic (exact) mass is 534 g/mol. The molecule has 0 aromatic heterocycles. The number of amides is 2. The zero-order chi connectivity index (χ0) is 26.2. The molecule has 2 heterocycles. The minimum absolute atomic E-state index is 0.0337. The third kappa shape index (κ3) is 6.88. The molecule has 1 atom stereocenters. The lowest BCUT2D eigenvalue weighted by atomic mass is 10.1. The number of thioether (sulfide) groups is 1. The van der Waals surface area contributed by atoms with E-state index in [2.05, 4.69) is 22.5 Å². The molecule has 2 aliphatic heterocycles. The van der Waals surface area contributed by atoms with Crippen LogP contribution >= 0.6 is 23.5 Å². The van der Waals surface area contributed by atoms with Crippen LogP contribution in [0, 0.1) is 0 Å². The van der Waals surface area contributed by atoms with Gasteiger partial charge in [-0.15, -0.1) is 0 Å². The molecule has 2 aromatic carbocycles. The summed E-state index contributed by atoms with van der Waals surface area (Å²) in [6, 6.07) is 12.9. The first-order chi connectivity index (χ1) is 18.0. The van der Waals surface area contributed by atoms with Gasteiger partial charge in [-0.2, -0.15) is 0 Å². The smallest absolute Gasteiger partial charge is 0.256 e. The van der Waals surface area contributed by atoms with Crippen molar-refractivity contribution in [3.05, 3.63) is 101 Å². The Morgan fingerprint density at radius 1 is 1.22 bits per heavy atom. The number of nitrogens with two attached hydrogens (primary N) is 1. The number of carbonyl (C=O) groups is 2. The van der Waals surface area contributed by atoms with Crippen LogP contribution in [-0.2, 0) is 4.74 Å². The van der Waals surface area contributed by atoms with Gasteiger partial charge in [-0.25, -0.2) is 0 Å². The van der Waals surface area contributed by atoms with Crippen molar-refractivity contribution < 1.29 is 14.3 Å². The topological polar surface area (TPSA) is 105 Å². The number of benzene rings is 2. The molecule has 5 N–H and O–H groups in total. The van der Waals surface area contributed by atoms with Gasteiger partial charge < -0.3 is 26.4 Å². The maximum Gasteiger partial charge on any atom is 0.256 e. The van der Waals surface area contributed by atoms with E-state index >= 15 is 0 Å². The Hall–Kier alpha value is -3.40. The van der Waals surface area contributed by atoms with Gasteiger partial charge in [0.2, 0.25) is 0 Å². The number of ether oxygens (including phenoxy) is 1. The third-order valence-corrected chi connectivity index (χ3v) is 8.02. The van der Waals surface area contributed by atoms with Gasteiger partial charge in [0.05, 0.1) is 24.4 Å². The van der Waals surface area contributed by atoms with Crippen molar-refractivity contribution >= 4 is 41.0 Å². The summed E-state index contributed by atoms with van der Waals surface area (Å²) in [5.74, 6) is 0.213. The maximum atomic E-state index is 12.9. The lowest BCUT2D eigenvalue weighted by molar-refractivity contribution is 0.0956. The molecule has 4 rings (SSSR count). The van der Waals surface area contributed by atoms with Crippen LogP contribution in [-0.4, -0.2) is 36.9 Å². The number of nitrogens with one attached hydrogen (secondary N) is 3. The number of carbonyl (C=O) groups excluding carboxylic acids is 2. The molecule has 0 saturated carbocycles. The number of rotatable bonds is 10. The van der Waals surface area contributed by atoms with Crippen molar-refractivity contribution in [2.24, 2.45) is 5.73 Å². The number of hydrogen-bond donors (Lipinski definition) is 4. The van der Waals surface area contributed by atoms with Gasteiger partial charge in [-0.1, -0.05) is 54.4 Å². The van der Waals surface area contributed by atoms with E-state index in [1.807, 2.05) is 55.6 Å². The van der Waals surface area contributed by atoms with Crippen LogP contribution in [0.4, 0.5) is 5.69 Å². The van der Waals surface area contributed by atoms with E-state index < -0.39 is 0 Å². The second-order valence-corrected chi connectivity index (χ2v) is 10.6. The van der Waals surface area contributed by atoms with Gasteiger partial charge in [0.25, 0.3) is 11.8 Å². The molecule has 0 bridgehead atoms. The fourth-order valence-corrected chi connectivity index (χ4v) is 5.77. The third-order valence-electron chi connectivity index (χ3n) is 5.66. The van der Waals surface area contributed by atoms with E-state index in [0.717, 1.165) is 26.7 Å². The molecular formula is C28H30N4O3S2. The lowest BCUT2D eigenvalue weighted by Crippen LogP contribution is -2.25. The quantitative estimate of drug-likeness (QED) is 0.193. The van der Waals surface area contributed by atoms with Crippen LogP contribution in [0.3, 0.4) is 0 Å². The molecule has 192 valence electrons. The van der Waals surface area contributed by atoms with Crippen LogP contribution in [0.15, 0.2) is 99.5 Å². The molecule has 2 aromatic rings. The molecule has 0 spiro atoms. The van der Waals surface area contributed by atoms with Crippen molar-refractivity contribution in [3.8, 4) is 0 Å². The zero-order valence-corrected chi connectivity index (χ0v) is 22.2. The first kappa shape index (κ1) is 26.7. The van der Waals surface area contributed by atoms with Gasteiger partial charge in [0, 0.05) is 26.5 Å². The summed E-state index contributed by atoms with van der Waals surface area (Å²) >= 11 is 3.15. The molecular weight excluding hydrogens is 504 g/mol. The minimum Gasteiger partial charge on any atom is -0.494 e. The second-order valence-electron chi connectivity index (χ2n) is 8.30. The first-order valence-electron chi connectivity index (χ1n) is 12.0. The number of allylic oxidation sites excluding steroid dienone is 2. The van der Waals surface area contributed by atoms with Crippen LogP contribution in [0.25, 0.3) is 0 Å². The molecule has 2 aliphatic rings. The predicted molar refractivity (Wildman–Crippen MR) is 152 cm³/mol. The van der Waals surface area contributed by atoms with Gasteiger partial charge >= 0.3 is 0 Å². The Labute approximate surface area is 225 Å². The fraction of sp³-hybridized carbons (Fsp3) is 0.214. The summed E-state index contributed by atoms with van der Waals surface area (Å²) in [5.41, 5.74) is 8.31. The molecule has 7 nitrogen and oxygen atoms in total. The number of fused-ring (bicyclic) bond motifs is 2. The molecule has 9 heteroatoms. The molecule has 0 fully saturated rings. The zero-order valence-electron chi connectivity index (χ0n) is 20.6. The van der Waals surface area contributed by atoms with E-state index in [1.165, 1.54) is 11.8 Å². The van der Waals surface area contributed by atoms with E-state index in [0.29, 0.717) is 42.3 Å². The van der Waals surface area contributed by atoms with Gasteiger partial charge in [0.15, 0.2) is 0 Å². The van der Waals surface area contributed by atoms with Crippen molar-refractivity contribution in [2.45, 2.75) is 28.5 Å². The van der Waals surface area contributed by atoms with Gasteiger partial charge in [-0.3, -0.25) is 9.59 Å². The Morgan fingerprint density at radius 3 is 2.86 bits per heavy atom. The summed E-state index contributed by atoms with van der Waals surface area (Å²) in [6.45, 7) is 7.42. The van der Waals surface area contributed by atoms with Crippen LogP contribution < -0.4 is 21.7 Å². The Kier molecular flexibility index (Phi) is 9.16. The SMILES string of the molecule is C=C(/C=C\C(=C/C)C1NC=C(CNC(=O)c2ccc3c(c2)NC(=O)c2ccccc2S3)S1)OCCCN. The van der Waals surface area contributed by atoms with Crippen LogP contribution in [0.5, 0.6) is 0 Å². The fourth-order valence-electron chi connectivity index (χ4n) is 3.68. The van der Waals surface area contributed by atoms with Crippen LogP contribution in [0.2, 0.25) is 0 Å². The Bertz CT molecular complexity index is 1290. The maximum absolute atomic E-state index is 12.9. The lowest BCUT2D eigenvalue weighted by Gasteiger charge is -2.13. The van der Waals surface area contributed by atoms with Crippen molar-refractivity contribution in [1.29, 1.82) is 0 Å². The van der Waals surface area contributed by atoms with Gasteiger partial charge in [-0.05, 0) is 61.9 Å². The standard InChI is InChI=1S/C28H30N4O3S2/c1-3-19(10-9-18(2)35-14-6-13-29)28-31-17-21(36-28)16-30-26(33)20-11-12-25-23(15-20)32-27(34)22-7-4-5-8-24(22)37-25/h3-5,7-12,15,17,28,31H,2,6,13-14,16,29H2,1H3,(H,30,33)(H,32,34)/b10-9-,19-3+. The summed E-state index contributed by atoms with van der Waals surface area (Å²) < 4.78 is 5.53. The Morgan fingerprint density at radius 2 is 2.05 bits per heavy atom. The molecule has 0 saturated heterocycles. The molecule has 0 radical (unpaired) electrons. The van der Waals surface area contributed by atoms with Crippen molar-refractivity contribution in [1.82, 2.24) is 10.6 Å². The first-order valence-corrected chi connectivity index (χ1v) is 13.7. The molecule has 1 unspecified atom stereocenters. The van der Waals surface area contributed by atoms with E-state index in [1.54, 1.807) is 30.0 Å². The van der Waals surface area contributed by atoms with E-state index in [9.17, 15) is 9.59 Å². The van der Waals surface area contributed by atoms with E-state index in [4.69, 9.17) is 10.5 Å². The molecule has 37 heavy (non-hydrogen) atoms. The average Bonchev–Trinajstić information content (AvgIpc) is 3.32. The highest BCUT2D eigenvalue weighted by molar-refractivity contribution is 8.04. The second kappa shape index (κ2) is 12.7. The largest absolute Gasteiger partial charge is 0.494 e. The summed E-state index contributed by atoms with van der Waals surface area (Å²) in [6.07, 6.45) is 8.57. The Balaban J connectivity index is 1.31. The summed E-state index contributed by atoms with van der Waals surface area (Å²) in [5, 5.41) is 9.29. The predicted octanol–water partition coefficient (Wildman–Crippen LogP) is 5.02. The highest BCUT2D eigenvalue weighted by atomic mass is 32.2. The van der Waals surface area contributed by atoms with Crippen LogP contribution in [0.1, 0.15) is 34.1 Å². The highest BCUT2D eigenvalue weighted by Gasteiger charge is 2.22. The molecule has 2 amide bonds. The van der Waals surface area contributed by atoms with Crippen molar-refractivity contribution in [2.75, 3.05) is 25.0 Å². The minimum atomic E-state index is -0.203. The number of anilines is 1.